The smallest absolute Gasteiger partial charge is 0.243 e. The number of sulfonamides is 1. The second kappa shape index (κ2) is 7.92. The number of fused-ring (bicyclic) bond motifs is 1. The number of anilines is 1. The summed E-state index contributed by atoms with van der Waals surface area (Å²) in [7, 11) is -3.57. The van der Waals surface area contributed by atoms with Gasteiger partial charge in [0, 0.05) is 37.4 Å². The van der Waals surface area contributed by atoms with Crippen molar-refractivity contribution in [2.24, 2.45) is 0 Å². The van der Waals surface area contributed by atoms with E-state index >= 15 is 0 Å². The highest BCUT2D eigenvalue weighted by atomic mass is 32.2. The highest BCUT2D eigenvalue weighted by Gasteiger charge is 2.30. The number of carbonyl (C=O) groups excluding carboxylic acids is 1. The molecule has 0 aliphatic carbocycles. The van der Waals surface area contributed by atoms with Crippen LogP contribution in [0.3, 0.4) is 0 Å². The zero-order valence-corrected chi connectivity index (χ0v) is 17.0. The summed E-state index contributed by atoms with van der Waals surface area (Å²) >= 11 is 0. The molecule has 1 amide bonds. The van der Waals surface area contributed by atoms with Crippen molar-refractivity contribution in [2.45, 2.75) is 37.1 Å². The number of hydrogen-bond donors (Lipinski definition) is 1. The quantitative estimate of drug-likeness (QED) is 0.694. The van der Waals surface area contributed by atoms with Crippen molar-refractivity contribution in [1.29, 1.82) is 0 Å². The van der Waals surface area contributed by atoms with E-state index < -0.39 is 10.0 Å². The Labute approximate surface area is 169 Å². The molecule has 1 saturated heterocycles. The molecular formula is C20H23N5O3S. The maximum atomic E-state index is 13.0. The third-order valence-corrected chi connectivity index (χ3v) is 7.16. The molecule has 8 nitrogen and oxygen atoms in total. The molecule has 0 unspecified atom stereocenters. The van der Waals surface area contributed by atoms with Gasteiger partial charge in [0.25, 0.3) is 0 Å². The molecule has 4 rings (SSSR count). The summed E-state index contributed by atoms with van der Waals surface area (Å²) in [5.41, 5.74) is 2.27. The van der Waals surface area contributed by atoms with Crippen molar-refractivity contribution in [3.63, 3.8) is 0 Å². The van der Waals surface area contributed by atoms with Gasteiger partial charge in [0.1, 0.15) is 5.52 Å². The molecule has 1 aliphatic rings. The van der Waals surface area contributed by atoms with E-state index in [1.54, 1.807) is 43.7 Å². The number of amides is 1. The summed E-state index contributed by atoms with van der Waals surface area (Å²) in [4.78, 5) is 20.5. The molecule has 3 aromatic rings. The Bertz CT molecular complexity index is 1120. The molecular weight excluding hydrogens is 390 g/mol. The van der Waals surface area contributed by atoms with Gasteiger partial charge < -0.3 is 9.88 Å². The Balaban J connectivity index is 1.45. The first-order valence-corrected chi connectivity index (χ1v) is 11.1. The monoisotopic (exact) mass is 413 g/mol. The average Bonchev–Trinajstić information content (AvgIpc) is 3.18. The van der Waals surface area contributed by atoms with Crippen LogP contribution in [-0.2, 0) is 14.8 Å². The number of imidazole rings is 1. The molecule has 0 radical (unpaired) electrons. The molecule has 0 saturated carbocycles. The predicted octanol–water partition coefficient (Wildman–Crippen LogP) is 2.81. The van der Waals surface area contributed by atoms with Crippen molar-refractivity contribution in [3.05, 3.63) is 48.9 Å². The van der Waals surface area contributed by atoms with Crippen molar-refractivity contribution in [1.82, 2.24) is 18.8 Å². The molecule has 0 bridgehead atoms. The summed E-state index contributed by atoms with van der Waals surface area (Å²) in [5, 5.41) is 2.72. The van der Waals surface area contributed by atoms with Crippen LogP contribution < -0.4 is 5.32 Å². The van der Waals surface area contributed by atoms with E-state index in [1.807, 2.05) is 16.7 Å². The SMILES string of the molecule is CCC(=O)Nc1ccc(S(=O)(=O)N2CCC(n3cnc4cccnc43)CC2)cc1. The number of piperidine rings is 1. The lowest BCUT2D eigenvalue weighted by Crippen LogP contribution is -2.39. The zero-order valence-electron chi connectivity index (χ0n) is 16.2. The molecule has 1 aliphatic heterocycles. The Morgan fingerprint density at radius 3 is 2.55 bits per heavy atom. The van der Waals surface area contributed by atoms with Gasteiger partial charge in [-0.05, 0) is 49.2 Å². The minimum atomic E-state index is -3.57. The molecule has 0 spiro atoms. The molecule has 1 N–H and O–H groups in total. The molecule has 152 valence electrons. The Morgan fingerprint density at radius 2 is 1.86 bits per heavy atom. The largest absolute Gasteiger partial charge is 0.326 e. The number of pyridine rings is 1. The number of nitrogens with one attached hydrogen (secondary N) is 1. The first-order chi connectivity index (χ1) is 14.0. The third-order valence-electron chi connectivity index (χ3n) is 5.25. The second-order valence-electron chi connectivity index (χ2n) is 7.06. The lowest BCUT2D eigenvalue weighted by Gasteiger charge is -2.31. The van der Waals surface area contributed by atoms with E-state index in [2.05, 4.69) is 15.3 Å². The highest BCUT2D eigenvalue weighted by Crippen LogP contribution is 2.29. The van der Waals surface area contributed by atoms with Crippen molar-refractivity contribution >= 4 is 32.8 Å². The maximum absolute atomic E-state index is 13.0. The molecule has 2 aromatic heterocycles. The summed E-state index contributed by atoms with van der Waals surface area (Å²) in [6.07, 6.45) is 5.30. The average molecular weight is 414 g/mol. The predicted molar refractivity (Wildman–Crippen MR) is 110 cm³/mol. The number of nitrogens with zero attached hydrogens (tertiary/aromatic N) is 4. The lowest BCUT2D eigenvalue weighted by molar-refractivity contribution is -0.115. The van der Waals surface area contributed by atoms with Crippen molar-refractivity contribution in [2.75, 3.05) is 18.4 Å². The van der Waals surface area contributed by atoms with Gasteiger partial charge in [-0.3, -0.25) is 4.79 Å². The van der Waals surface area contributed by atoms with Crippen molar-refractivity contribution < 1.29 is 13.2 Å². The Kier molecular flexibility index (Phi) is 5.33. The topological polar surface area (TPSA) is 97.2 Å². The zero-order chi connectivity index (χ0) is 20.4. The van der Waals surface area contributed by atoms with E-state index in [0.717, 1.165) is 11.2 Å². The van der Waals surface area contributed by atoms with Gasteiger partial charge in [0.15, 0.2) is 5.65 Å². The van der Waals surface area contributed by atoms with E-state index in [4.69, 9.17) is 0 Å². The van der Waals surface area contributed by atoms with E-state index in [-0.39, 0.29) is 16.8 Å². The first kappa shape index (κ1) is 19.5. The van der Waals surface area contributed by atoms with Crippen LogP contribution in [0.1, 0.15) is 32.2 Å². The van der Waals surface area contributed by atoms with E-state index in [0.29, 0.717) is 38.0 Å². The first-order valence-electron chi connectivity index (χ1n) is 9.66. The summed E-state index contributed by atoms with van der Waals surface area (Å²) < 4.78 is 29.5. The van der Waals surface area contributed by atoms with Crippen LogP contribution in [0.5, 0.6) is 0 Å². The molecule has 29 heavy (non-hydrogen) atoms. The van der Waals surface area contributed by atoms with E-state index in [1.165, 1.54) is 4.31 Å². The highest BCUT2D eigenvalue weighted by molar-refractivity contribution is 7.89. The number of rotatable bonds is 5. The Hall–Kier alpha value is -2.78. The van der Waals surface area contributed by atoms with Gasteiger partial charge in [0.05, 0.1) is 11.2 Å². The lowest BCUT2D eigenvalue weighted by atomic mass is 10.1. The maximum Gasteiger partial charge on any atom is 0.243 e. The fourth-order valence-electron chi connectivity index (χ4n) is 3.60. The number of hydrogen-bond acceptors (Lipinski definition) is 5. The second-order valence-corrected chi connectivity index (χ2v) is 9.00. The number of benzene rings is 1. The fraction of sp³-hybridized carbons (Fsp3) is 0.350. The van der Waals surface area contributed by atoms with Gasteiger partial charge in [-0.2, -0.15) is 4.31 Å². The van der Waals surface area contributed by atoms with Crippen LogP contribution >= 0.6 is 0 Å². The van der Waals surface area contributed by atoms with Crippen LogP contribution in [0.2, 0.25) is 0 Å². The Morgan fingerprint density at radius 1 is 1.14 bits per heavy atom. The molecule has 9 heteroatoms. The molecule has 1 fully saturated rings. The van der Waals surface area contributed by atoms with Gasteiger partial charge in [-0.1, -0.05) is 6.92 Å². The molecule has 3 heterocycles. The van der Waals surface area contributed by atoms with Gasteiger partial charge in [-0.15, -0.1) is 0 Å². The number of carbonyl (C=O) groups is 1. The standard InChI is InChI=1S/C20H23N5O3S/c1-2-19(26)23-15-5-7-17(8-6-15)29(27,28)24-12-9-16(10-13-24)25-14-22-18-4-3-11-21-20(18)25/h3-8,11,14,16H,2,9-10,12-13H2,1H3,(H,23,26). The van der Waals surface area contributed by atoms with Crippen molar-refractivity contribution in [3.8, 4) is 0 Å². The van der Waals surface area contributed by atoms with Gasteiger partial charge in [-0.25, -0.2) is 18.4 Å². The summed E-state index contributed by atoms with van der Waals surface area (Å²) in [6, 6.07) is 10.3. The minimum absolute atomic E-state index is 0.107. The fourth-order valence-corrected chi connectivity index (χ4v) is 5.07. The van der Waals surface area contributed by atoms with Crippen LogP contribution in [0, 0.1) is 0 Å². The normalized spacial score (nSPS) is 16.2. The van der Waals surface area contributed by atoms with Crippen LogP contribution in [0.4, 0.5) is 5.69 Å². The van der Waals surface area contributed by atoms with Crippen LogP contribution in [0.25, 0.3) is 11.2 Å². The minimum Gasteiger partial charge on any atom is -0.326 e. The number of aromatic nitrogens is 3. The third kappa shape index (κ3) is 3.88. The molecule has 0 atom stereocenters. The van der Waals surface area contributed by atoms with E-state index in [9.17, 15) is 13.2 Å². The summed E-state index contributed by atoms with van der Waals surface area (Å²) in [6.45, 7) is 2.64. The van der Waals surface area contributed by atoms with Gasteiger partial charge >= 0.3 is 0 Å². The van der Waals surface area contributed by atoms with Gasteiger partial charge in [0.2, 0.25) is 15.9 Å². The summed E-state index contributed by atoms with van der Waals surface area (Å²) in [5.74, 6) is -0.107. The van der Waals surface area contributed by atoms with Crippen LogP contribution in [0.15, 0.2) is 53.8 Å². The van der Waals surface area contributed by atoms with Crippen LogP contribution in [-0.4, -0.2) is 46.3 Å². The molecule has 1 aromatic carbocycles.